The van der Waals surface area contributed by atoms with E-state index >= 15 is 0 Å². The van der Waals surface area contributed by atoms with Crippen molar-refractivity contribution < 1.29 is 18.8 Å². The maximum Gasteiger partial charge on any atom is 0.257 e. The van der Waals surface area contributed by atoms with Gasteiger partial charge in [-0.1, -0.05) is 35.5 Å². The third kappa shape index (κ3) is 4.27. The van der Waals surface area contributed by atoms with Crippen molar-refractivity contribution in [3.05, 3.63) is 77.2 Å². The zero-order valence-corrected chi connectivity index (χ0v) is 19.5. The Morgan fingerprint density at radius 3 is 2.52 bits per heavy atom. The molecule has 0 radical (unpaired) electrons. The third-order valence-corrected chi connectivity index (χ3v) is 5.66. The fourth-order valence-corrected chi connectivity index (χ4v) is 4.27. The number of thiocarbonyl (C=S) groups is 1. The third-order valence-electron chi connectivity index (χ3n) is 5.36. The van der Waals surface area contributed by atoms with E-state index in [0.29, 0.717) is 45.0 Å². The van der Waals surface area contributed by atoms with Crippen LogP contribution in [0, 0.1) is 6.92 Å². The number of aromatic nitrogens is 1. The number of amides is 1. The highest BCUT2D eigenvalue weighted by Gasteiger charge is 2.36. The summed E-state index contributed by atoms with van der Waals surface area (Å²) in [5.41, 5.74) is 2.69. The summed E-state index contributed by atoms with van der Waals surface area (Å²) in [4.78, 5) is 15.4. The summed E-state index contributed by atoms with van der Waals surface area (Å²) in [6.45, 7) is 3.62. The zero-order chi connectivity index (χ0) is 23.5. The second kappa shape index (κ2) is 9.33. The molecule has 0 aliphatic carbocycles. The van der Waals surface area contributed by atoms with E-state index in [4.69, 9.17) is 26.2 Å². The number of methoxy groups -OCH3 is 2. The lowest BCUT2D eigenvalue weighted by atomic mass is 9.93. The van der Waals surface area contributed by atoms with Crippen molar-refractivity contribution in [2.24, 2.45) is 0 Å². The molecule has 2 heterocycles. The Kier molecular flexibility index (Phi) is 6.32. The van der Waals surface area contributed by atoms with Crippen LogP contribution >= 0.6 is 12.2 Å². The highest BCUT2D eigenvalue weighted by Crippen LogP contribution is 2.41. The molecule has 1 aromatic heterocycles. The number of nitrogens with one attached hydrogen (secondary N) is 2. The second-order valence-electron chi connectivity index (χ2n) is 7.41. The average Bonchev–Trinajstić information content (AvgIpc) is 3.22. The summed E-state index contributed by atoms with van der Waals surface area (Å²) in [6.07, 6.45) is 0. The van der Waals surface area contributed by atoms with Gasteiger partial charge in [0, 0.05) is 23.0 Å². The first-order valence-electron chi connectivity index (χ1n) is 10.3. The van der Waals surface area contributed by atoms with Crippen LogP contribution in [0.15, 0.2) is 70.4 Å². The van der Waals surface area contributed by atoms with E-state index in [1.165, 1.54) is 0 Å². The molecule has 8 nitrogen and oxygen atoms in total. The van der Waals surface area contributed by atoms with Crippen LogP contribution in [-0.4, -0.2) is 30.4 Å². The Morgan fingerprint density at radius 1 is 1.12 bits per heavy atom. The first-order chi connectivity index (χ1) is 15.9. The normalized spacial score (nSPS) is 15.8. The number of anilines is 2. The maximum atomic E-state index is 13.6. The monoisotopic (exact) mass is 464 g/mol. The number of rotatable bonds is 6. The van der Waals surface area contributed by atoms with Crippen molar-refractivity contribution in [2.45, 2.75) is 19.9 Å². The van der Waals surface area contributed by atoms with E-state index in [9.17, 15) is 4.79 Å². The summed E-state index contributed by atoms with van der Waals surface area (Å²) in [6, 6.07) is 16.2. The zero-order valence-electron chi connectivity index (χ0n) is 18.7. The van der Waals surface area contributed by atoms with E-state index in [2.05, 4.69) is 15.8 Å². The molecule has 1 unspecified atom stereocenters. The van der Waals surface area contributed by atoms with E-state index in [1.807, 2.05) is 54.3 Å². The van der Waals surface area contributed by atoms with Crippen LogP contribution in [0.3, 0.4) is 0 Å². The Hall–Kier alpha value is -3.85. The van der Waals surface area contributed by atoms with Gasteiger partial charge in [0.2, 0.25) is 0 Å². The van der Waals surface area contributed by atoms with Gasteiger partial charge >= 0.3 is 0 Å². The summed E-state index contributed by atoms with van der Waals surface area (Å²) in [5, 5.41) is 10.5. The van der Waals surface area contributed by atoms with E-state index in [0.717, 1.165) is 5.69 Å². The maximum absolute atomic E-state index is 13.6. The van der Waals surface area contributed by atoms with E-state index in [-0.39, 0.29) is 5.91 Å². The molecule has 1 atom stereocenters. The number of benzene rings is 2. The van der Waals surface area contributed by atoms with Gasteiger partial charge in [0.25, 0.3) is 5.91 Å². The summed E-state index contributed by atoms with van der Waals surface area (Å²) in [5.74, 6) is 1.65. The van der Waals surface area contributed by atoms with Crippen LogP contribution < -0.4 is 25.0 Å². The van der Waals surface area contributed by atoms with Gasteiger partial charge in [-0.15, -0.1) is 0 Å². The molecule has 0 saturated carbocycles. The van der Waals surface area contributed by atoms with Gasteiger partial charge in [-0.05, 0) is 44.3 Å². The number of hydrogen-bond donors (Lipinski definition) is 2. The molecule has 2 N–H and O–H groups in total. The molecule has 0 bridgehead atoms. The number of ether oxygens (including phenoxy) is 2. The van der Waals surface area contributed by atoms with Gasteiger partial charge in [-0.25, -0.2) is 0 Å². The molecular formula is C24H24N4O4S. The molecule has 4 rings (SSSR count). The molecule has 1 amide bonds. The van der Waals surface area contributed by atoms with Gasteiger partial charge in [0.15, 0.2) is 22.4 Å². The summed E-state index contributed by atoms with van der Waals surface area (Å²) in [7, 11) is 3.13. The molecule has 9 heteroatoms. The number of hydrogen-bond acceptors (Lipinski definition) is 6. The smallest absolute Gasteiger partial charge is 0.257 e. The predicted octanol–water partition coefficient (Wildman–Crippen LogP) is 4.35. The number of nitrogens with zero attached hydrogens (tertiary/aromatic N) is 2. The van der Waals surface area contributed by atoms with Crippen LogP contribution in [0.5, 0.6) is 11.5 Å². The number of carbonyl (C=O) groups excluding carboxylic acids is 1. The molecular weight excluding hydrogens is 440 g/mol. The molecule has 0 saturated heterocycles. The Balaban J connectivity index is 1.86. The molecule has 170 valence electrons. The molecule has 3 aromatic rings. The lowest BCUT2D eigenvalue weighted by Crippen LogP contribution is -2.48. The van der Waals surface area contributed by atoms with Crippen LogP contribution in [0.1, 0.15) is 24.3 Å². The van der Waals surface area contributed by atoms with Crippen LogP contribution in [-0.2, 0) is 4.79 Å². The quantitative estimate of drug-likeness (QED) is 0.521. The molecule has 33 heavy (non-hydrogen) atoms. The van der Waals surface area contributed by atoms with Gasteiger partial charge in [-0.3, -0.25) is 9.69 Å². The number of aryl methyl sites for hydroxylation is 1. The molecule has 2 aromatic carbocycles. The van der Waals surface area contributed by atoms with Crippen molar-refractivity contribution in [3.8, 4) is 11.5 Å². The second-order valence-corrected chi connectivity index (χ2v) is 7.80. The minimum absolute atomic E-state index is 0.327. The van der Waals surface area contributed by atoms with Gasteiger partial charge in [-0.2, -0.15) is 0 Å². The van der Waals surface area contributed by atoms with Crippen molar-refractivity contribution in [1.82, 2.24) is 10.5 Å². The van der Waals surface area contributed by atoms with Crippen molar-refractivity contribution in [3.63, 3.8) is 0 Å². The Labute approximate surface area is 197 Å². The standard InChI is InChI=1S/C24H24N4O4S/c1-14-13-19(27-32-14)25-23(29)20-15(2)28(16-9-6-5-7-10-16)24(33)26-21(20)17-11-8-12-18(30-3)22(17)31-4/h5-13,21H,1-4H3,(H,26,33)(H,25,27,29). The lowest BCUT2D eigenvalue weighted by molar-refractivity contribution is -0.113. The number of carbonyl (C=O) groups is 1. The highest BCUT2D eigenvalue weighted by molar-refractivity contribution is 7.80. The van der Waals surface area contributed by atoms with E-state index < -0.39 is 6.04 Å². The summed E-state index contributed by atoms with van der Waals surface area (Å²) >= 11 is 5.73. The van der Waals surface area contributed by atoms with Gasteiger partial charge in [0.1, 0.15) is 5.76 Å². The minimum Gasteiger partial charge on any atom is -0.493 e. The summed E-state index contributed by atoms with van der Waals surface area (Å²) < 4.78 is 16.2. The van der Waals surface area contributed by atoms with Crippen molar-refractivity contribution >= 4 is 34.7 Å². The van der Waals surface area contributed by atoms with Crippen LogP contribution in [0.4, 0.5) is 11.5 Å². The Bertz CT molecular complexity index is 1220. The largest absolute Gasteiger partial charge is 0.493 e. The minimum atomic E-state index is -0.587. The van der Waals surface area contributed by atoms with E-state index in [1.54, 1.807) is 33.3 Å². The van der Waals surface area contributed by atoms with Crippen molar-refractivity contribution in [2.75, 3.05) is 24.4 Å². The molecule has 0 fully saturated rings. The van der Waals surface area contributed by atoms with Gasteiger partial charge < -0.3 is 24.6 Å². The van der Waals surface area contributed by atoms with Crippen molar-refractivity contribution in [1.29, 1.82) is 0 Å². The molecule has 1 aliphatic rings. The Morgan fingerprint density at radius 2 is 1.88 bits per heavy atom. The SMILES string of the molecule is COc1cccc(C2NC(=S)N(c3ccccc3)C(C)=C2C(=O)Nc2cc(C)on2)c1OC. The fourth-order valence-electron chi connectivity index (χ4n) is 3.91. The number of para-hydroxylation sites is 2. The topological polar surface area (TPSA) is 88.9 Å². The van der Waals surface area contributed by atoms with Gasteiger partial charge in [0.05, 0.1) is 25.8 Å². The van der Waals surface area contributed by atoms with Crippen LogP contribution in [0.2, 0.25) is 0 Å². The molecule has 0 spiro atoms. The number of allylic oxidation sites excluding steroid dienone is 1. The first kappa shape index (κ1) is 22.3. The molecule has 1 aliphatic heterocycles. The highest BCUT2D eigenvalue weighted by atomic mass is 32.1. The predicted molar refractivity (Wildman–Crippen MR) is 130 cm³/mol. The first-order valence-corrected chi connectivity index (χ1v) is 10.7. The lowest BCUT2D eigenvalue weighted by Gasteiger charge is -2.38. The average molecular weight is 465 g/mol. The van der Waals surface area contributed by atoms with Crippen LogP contribution in [0.25, 0.3) is 0 Å². The fraction of sp³-hybridized carbons (Fsp3) is 0.208.